The molecule has 1 atom stereocenters. The first kappa shape index (κ1) is 12.1. The Kier molecular flexibility index (Phi) is 2.74. The SMILES string of the molecule is Nc1nc2ccccc2nc1NCC1Cc2ccccc21. The predicted octanol–water partition coefficient (Wildman–Crippen LogP) is 2.96. The van der Waals surface area contributed by atoms with Crippen molar-refractivity contribution in [2.45, 2.75) is 12.3 Å². The van der Waals surface area contributed by atoms with Crippen LogP contribution in [-0.4, -0.2) is 16.5 Å². The fraction of sp³-hybridized carbons (Fsp3) is 0.176. The van der Waals surface area contributed by atoms with E-state index in [1.807, 2.05) is 24.3 Å². The lowest BCUT2D eigenvalue weighted by Gasteiger charge is -2.30. The van der Waals surface area contributed by atoms with E-state index in [-0.39, 0.29) is 0 Å². The summed E-state index contributed by atoms with van der Waals surface area (Å²) in [4.78, 5) is 8.96. The summed E-state index contributed by atoms with van der Waals surface area (Å²) < 4.78 is 0. The molecular formula is C17H16N4. The quantitative estimate of drug-likeness (QED) is 0.772. The van der Waals surface area contributed by atoms with Crippen LogP contribution in [0.4, 0.5) is 11.6 Å². The second kappa shape index (κ2) is 4.74. The largest absolute Gasteiger partial charge is 0.381 e. The number of nitrogens with one attached hydrogen (secondary N) is 1. The van der Waals surface area contributed by atoms with Crippen LogP contribution in [0, 0.1) is 0 Å². The van der Waals surface area contributed by atoms with Crippen LogP contribution in [0.15, 0.2) is 48.5 Å². The van der Waals surface area contributed by atoms with Crippen LogP contribution in [-0.2, 0) is 6.42 Å². The third-order valence-corrected chi connectivity index (χ3v) is 4.07. The number of para-hydroxylation sites is 2. The molecule has 4 heteroatoms. The Morgan fingerprint density at radius 3 is 2.52 bits per heavy atom. The Morgan fingerprint density at radius 2 is 1.71 bits per heavy atom. The van der Waals surface area contributed by atoms with Crippen LogP contribution in [0.25, 0.3) is 11.0 Å². The molecule has 3 aromatic rings. The summed E-state index contributed by atoms with van der Waals surface area (Å²) in [7, 11) is 0. The summed E-state index contributed by atoms with van der Waals surface area (Å²) in [6.45, 7) is 0.842. The molecule has 0 saturated heterocycles. The van der Waals surface area contributed by atoms with Gasteiger partial charge in [-0.05, 0) is 29.7 Å². The van der Waals surface area contributed by atoms with E-state index in [2.05, 4.69) is 39.6 Å². The van der Waals surface area contributed by atoms with Gasteiger partial charge < -0.3 is 11.1 Å². The second-order valence-electron chi connectivity index (χ2n) is 5.43. The molecule has 4 nitrogen and oxygen atoms in total. The van der Waals surface area contributed by atoms with Crippen molar-refractivity contribution in [2.75, 3.05) is 17.6 Å². The number of nitrogens with two attached hydrogens (primary N) is 1. The predicted molar refractivity (Wildman–Crippen MR) is 85.3 cm³/mol. The maximum Gasteiger partial charge on any atom is 0.169 e. The number of nitrogens with zero attached hydrogens (tertiary/aromatic N) is 2. The van der Waals surface area contributed by atoms with Gasteiger partial charge in [0.1, 0.15) is 0 Å². The normalized spacial score (nSPS) is 16.3. The van der Waals surface area contributed by atoms with E-state index in [1.54, 1.807) is 0 Å². The summed E-state index contributed by atoms with van der Waals surface area (Å²) in [5.74, 6) is 1.67. The first-order chi connectivity index (χ1) is 10.3. The van der Waals surface area contributed by atoms with Gasteiger partial charge in [-0.25, -0.2) is 9.97 Å². The number of rotatable bonds is 3. The number of fused-ring (bicyclic) bond motifs is 2. The summed E-state index contributed by atoms with van der Waals surface area (Å²) in [6, 6.07) is 16.3. The molecule has 0 bridgehead atoms. The number of benzene rings is 2. The van der Waals surface area contributed by atoms with Gasteiger partial charge in [0.15, 0.2) is 11.6 Å². The van der Waals surface area contributed by atoms with Crippen LogP contribution in [0.1, 0.15) is 17.0 Å². The van der Waals surface area contributed by atoms with Crippen LogP contribution in [0.5, 0.6) is 0 Å². The Balaban J connectivity index is 1.54. The van der Waals surface area contributed by atoms with Crippen molar-refractivity contribution in [2.24, 2.45) is 0 Å². The lowest BCUT2D eigenvalue weighted by molar-refractivity contribution is 0.635. The van der Waals surface area contributed by atoms with Gasteiger partial charge in [-0.15, -0.1) is 0 Å². The van der Waals surface area contributed by atoms with Crippen molar-refractivity contribution in [3.8, 4) is 0 Å². The van der Waals surface area contributed by atoms with Gasteiger partial charge in [-0.3, -0.25) is 0 Å². The fourth-order valence-corrected chi connectivity index (χ4v) is 2.91. The Bertz CT molecular complexity index is 813. The molecule has 1 aliphatic carbocycles. The molecule has 0 radical (unpaired) electrons. The average molecular weight is 276 g/mol. The van der Waals surface area contributed by atoms with Crippen molar-refractivity contribution in [3.63, 3.8) is 0 Å². The minimum absolute atomic E-state index is 0.460. The molecule has 0 saturated carbocycles. The lowest BCUT2D eigenvalue weighted by Crippen LogP contribution is -2.24. The van der Waals surface area contributed by atoms with Crippen molar-refractivity contribution in [1.82, 2.24) is 9.97 Å². The molecule has 0 aliphatic heterocycles. The van der Waals surface area contributed by atoms with Gasteiger partial charge >= 0.3 is 0 Å². The average Bonchev–Trinajstić information content (AvgIpc) is 2.48. The zero-order valence-corrected chi connectivity index (χ0v) is 11.6. The van der Waals surface area contributed by atoms with Crippen LogP contribution < -0.4 is 11.1 Å². The first-order valence-electron chi connectivity index (χ1n) is 7.15. The molecule has 104 valence electrons. The van der Waals surface area contributed by atoms with Crippen molar-refractivity contribution < 1.29 is 0 Å². The Labute approximate surface area is 123 Å². The smallest absolute Gasteiger partial charge is 0.169 e. The molecule has 0 fully saturated rings. The standard InChI is InChI=1S/C17H16N4/c18-16-17(21-15-8-4-3-7-14(15)20-16)19-10-12-9-11-5-1-2-6-13(11)12/h1-8,12H,9-10H2,(H2,18,20)(H,19,21). The number of anilines is 2. The molecular weight excluding hydrogens is 260 g/mol. The van der Waals surface area contributed by atoms with E-state index in [4.69, 9.17) is 5.73 Å². The second-order valence-corrected chi connectivity index (χ2v) is 5.43. The van der Waals surface area contributed by atoms with Crippen LogP contribution >= 0.6 is 0 Å². The molecule has 3 N–H and O–H groups in total. The van der Waals surface area contributed by atoms with Crippen molar-refractivity contribution in [3.05, 3.63) is 59.7 Å². The highest BCUT2D eigenvalue weighted by Crippen LogP contribution is 2.35. The molecule has 2 aromatic carbocycles. The molecule has 21 heavy (non-hydrogen) atoms. The summed E-state index contributed by atoms with van der Waals surface area (Å²) >= 11 is 0. The molecule has 1 unspecified atom stereocenters. The highest BCUT2D eigenvalue weighted by atomic mass is 15.1. The van der Waals surface area contributed by atoms with Crippen LogP contribution in [0.3, 0.4) is 0 Å². The van der Waals surface area contributed by atoms with Crippen molar-refractivity contribution in [1.29, 1.82) is 0 Å². The fourth-order valence-electron chi connectivity index (χ4n) is 2.91. The monoisotopic (exact) mass is 276 g/mol. The summed E-state index contributed by atoms with van der Waals surface area (Å²) in [6.07, 6.45) is 1.12. The minimum atomic E-state index is 0.460. The van der Waals surface area contributed by atoms with E-state index < -0.39 is 0 Å². The van der Waals surface area contributed by atoms with Gasteiger partial charge in [-0.1, -0.05) is 36.4 Å². The van der Waals surface area contributed by atoms with E-state index in [9.17, 15) is 0 Å². The topological polar surface area (TPSA) is 63.8 Å². The first-order valence-corrected chi connectivity index (χ1v) is 7.15. The maximum absolute atomic E-state index is 5.99. The highest BCUT2D eigenvalue weighted by molar-refractivity contribution is 5.79. The van der Waals surface area contributed by atoms with E-state index in [0.717, 1.165) is 24.0 Å². The molecule has 4 rings (SSSR count). The highest BCUT2D eigenvalue weighted by Gasteiger charge is 2.25. The van der Waals surface area contributed by atoms with Crippen molar-refractivity contribution >= 4 is 22.7 Å². The van der Waals surface area contributed by atoms with Gasteiger partial charge in [0.05, 0.1) is 11.0 Å². The number of hydrogen-bond donors (Lipinski definition) is 2. The molecule has 0 spiro atoms. The van der Waals surface area contributed by atoms with E-state index >= 15 is 0 Å². The number of aromatic nitrogens is 2. The molecule has 1 aliphatic rings. The Morgan fingerprint density at radius 1 is 1.00 bits per heavy atom. The third kappa shape index (κ3) is 2.09. The molecule has 1 heterocycles. The van der Waals surface area contributed by atoms with E-state index in [1.165, 1.54) is 11.1 Å². The van der Waals surface area contributed by atoms with E-state index in [0.29, 0.717) is 17.6 Å². The summed E-state index contributed by atoms with van der Waals surface area (Å²) in [5, 5.41) is 3.35. The zero-order valence-electron chi connectivity index (χ0n) is 11.6. The van der Waals surface area contributed by atoms with Gasteiger partial charge in [0, 0.05) is 12.5 Å². The van der Waals surface area contributed by atoms with Crippen LogP contribution in [0.2, 0.25) is 0 Å². The summed E-state index contributed by atoms with van der Waals surface area (Å²) in [5.41, 5.74) is 10.6. The third-order valence-electron chi connectivity index (χ3n) is 4.07. The van der Waals surface area contributed by atoms with Gasteiger partial charge in [-0.2, -0.15) is 0 Å². The zero-order chi connectivity index (χ0) is 14.2. The number of hydrogen-bond acceptors (Lipinski definition) is 4. The molecule has 1 aromatic heterocycles. The Hall–Kier alpha value is -2.62. The minimum Gasteiger partial charge on any atom is -0.381 e. The molecule has 0 amide bonds. The lowest BCUT2D eigenvalue weighted by atomic mass is 9.77. The maximum atomic E-state index is 5.99. The van der Waals surface area contributed by atoms with Gasteiger partial charge in [0.2, 0.25) is 0 Å². The van der Waals surface area contributed by atoms with Gasteiger partial charge in [0.25, 0.3) is 0 Å². The number of nitrogen functional groups attached to an aromatic ring is 1.